The topological polar surface area (TPSA) is 76.1 Å². The van der Waals surface area contributed by atoms with Crippen molar-refractivity contribution in [2.45, 2.75) is 68.3 Å². The lowest BCUT2D eigenvalue weighted by Crippen LogP contribution is -2.59. The average Bonchev–Trinajstić information content (AvgIpc) is 3.07. The highest BCUT2D eigenvalue weighted by atomic mass is 35.5. The number of alkyl halides is 1. The van der Waals surface area contributed by atoms with E-state index >= 15 is 0 Å². The maximum Gasteiger partial charge on any atom is 0.249 e. The Morgan fingerprint density at radius 3 is 2.56 bits per heavy atom. The van der Waals surface area contributed by atoms with Gasteiger partial charge in [0.25, 0.3) is 0 Å². The second-order valence-electron chi connectivity index (χ2n) is 11.3. The van der Waals surface area contributed by atoms with Gasteiger partial charge in [0.1, 0.15) is 5.54 Å². The van der Waals surface area contributed by atoms with Crippen LogP contribution in [0.1, 0.15) is 56.9 Å². The molecule has 4 aliphatic rings. The number of aliphatic hydroxyl groups is 1. The summed E-state index contributed by atoms with van der Waals surface area (Å²) in [5.41, 5.74) is 1.71. The van der Waals surface area contributed by atoms with E-state index in [1.165, 1.54) is 12.8 Å². The minimum Gasteiger partial charge on any atom is -0.395 e. The van der Waals surface area contributed by atoms with Gasteiger partial charge in [0.15, 0.2) is 0 Å². The van der Waals surface area contributed by atoms with E-state index in [0.717, 1.165) is 55.6 Å². The summed E-state index contributed by atoms with van der Waals surface area (Å²) in [6.45, 7) is 3.70. The van der Waals surface area contributed by atoms with E-state index in [9.17, 15) is 14.7 Å². The van der Waals surface area contributed by atoms with Crippen LogP contribution in [0.5, 0.6) is 0 Å². The number of benzene rings is 1. The molecule has 0 aromatic heterocycles. The van der Waals surface area contributed by atoms with Crippen molar-refractivity contribution in [2.75, 3.05) is 51.2 Å². The number of piperazine rings is 1. The van der Waals surface area contributed by atoms with Gasteiger partial charge in [0.2, 0.25) is 11.8 Å². The number of β-amino-alcohol motifs (C(OH)–C–C–N with tert-alkyl or cyclic N) is 1. The third kappa shape index (κ3) is 6.23. The van der Waals surface area contributed by atoms with E-state index in [0.29, 0.717) is 37.5 Å². The van der Waals surface area contributed by atoms with Gasteiger partial charge in [-0.05, 0) is 31.4 Å². The van der Waals surface area contributed by atoms with Gasteiger partial charge in [-0.15, -0.1) is 11.6 Å². The molecule has 2 heterocycles. The molecule has 7 nitrogen and oxygen atoms in total. The van der Waals surface area contributed by atoms with Crippen molar-refractivity contribution in [1.82, 2.24) is 14.7 Å². The molecule has 1 aromatic rings. The fourth-order valence-corrected chi connectivity index (χ4v) is 7.26. The van der Waals surface area contributed by atoms with Crippen LogP contribution in [0, 0.1) is 0 Å². The molecular weight excluding hydrogens is 535 g/mol. The molecule has 2 N–H and O–H groups in total. The zero-order chi connectivity index (χ0) is 27.4. The first-order valence-electron chi connectivity index (χ1n) is 14.4. The number of aliphatic hydroxyl groups excluding tert-OH is 1. The number of halogens is 2. The Bertz CT molecular complexity index is 1110. The van der Waals surface area contributed by atoms with Gasteiger partial charge in [-0.1, -0.05) is 67.2 Å². The molecule has 1 saturated carbocycles. The quantitative estimate of drug-likeness (QED) is 0.352. The van der Waals surface area contributed by atoms with Crippen LogP contribution in [0.15, 0.2) is 42.0 Å². The second kappa shape index (κ2) is 12.7. The molecule has 212 valence electrons. The molecule has 0 bridgehead atoms. The molecule has 2 aliphatic heterocycles. The standard InChI is InChI=1S/C30H40Cl2N4O3/c31-23-7-5-6-22(18-23)20-30(26-11-10-24(32)19-27(26)33-29(30)39)36(25-8-3-1-2-4-9-25)21-28(38)35-14-12-34(13-15-35)16-17-37/h5-7,10-11,19,23,25,37H,1-4,8-9,12-18,20-21H2,(H,33,39). The van der Waals surface area contributed by atoms with E-state index in [1.54, 1.807) is 0 Å². The highest BCUT2D eigenvalue weighted by molar-refractivity contribution is 6.31. The summed E-state index contributed by atoms with van der Waals surface area (Å²) in [5.74, 6) is -0.0311. The molecule has 2 unspecified atom stereocenters. The predicted octanol–water partition coefficient (Wildman–Crippen LogP) is 4.53. The Hall–Kier alpha value is -1.90. The Labute approximate surface area is 241 Å². The van der Waals surface area contributed by atoms with E-state index < -0.39 is 5.54 Å². The van der Waals surface area contributed by atoms with Gasteiger partial charge in [0.05, 0.1) is 18.5 Å². The second-order valence-corrected chi connectivity index (χ2v) is 12.3. The zero-order valence-electron chi connectivity index (χ0n) is 22.6. The van der Waals surface area contributed by atoms with Crippen molar-refractivity contribution in [3.8, 4) is 0 Å². The van der Waals surface area contributed by atoms with E-state index in [1.807, 2.05) is 35.3 Å². The summed E-state index contributed by atoms with van der Waals surface area (Å²) in [7, 11) is 0. The fourth-order valence-electron chi connectivity index (χ4n) is 6.80. The molecule has 0 radical (unpaired) electrons. The fraction of sp³-hybridized carbons (Fsp3) is 0.600. The predicted molar refractivity (Wildman–Crippen MR) is 156 cm³/mol. The SMILES string of the molecule is O=C(CN(C1CCCCCC1)C1(CC2=CC=CC(Cl)C2)C(=O)Nc2cc(Cl)ccc21)N1CCN(CCO)CC1. The largest absolute Gasteiger partial charge is 0.395 e. The van der Waals surface area contributed by atoms with Crippen LogP contribution < -0.4 is 5.32 Å². The van der Waals surface area contributed by atoms with Crippen LogP contribution in [-0.4, -0.2) is 88.9 Å². The van der Waals surface area contributed by atoms with Crippen LogP contribution in [0.25, 0.3) is 0 Å². The first-order valence-corrected chi connectivity index (χ1v) is 15.2. The van der Waals surface area contributed by atoms with Crippen molar-refractivity contribution < 1.29 is 14.7 Å². The summed E-state index contributed by atoms with van der Waals surface area (Å²) < 4.78 is 0. The molecule has 2 amide bonds. The van der Waals surface area contributed by atoms with Gasteiger partial charge in [-0.25, -0.2) is 0 Å². The number of anilines is 1. The summed E-state index contributed by atoms with van der Waals surface area (Å²) in [6.07, 6.45) is 13.7. The van der Waals surface area contributed by atoms with E-state index in [4.69, 9.17) is 23.2 Å². The maximum absolute atomic E-state index is 14.2. The lowest BCUT2D eigenvalue weighted by atomic mass is 9.79. The minimum atomic E-state index is -1.02. The van der Waals surface area contributed by atoms with Crippen molar-refractivity contribution in [3.05, 3.63) is 52.6 Å². The lowest BCUT2D eigenvalue weighted by Gasteiger charge is -2.46. The zero-order valence-corrected chi connectivity index (χ0v) is 24.1. The number of hydrogen-bond donors (Lipinski definition) is 2. The van der Waals surface area contributed by atoms with Crippen LogP contribution >= 0.6 is 23.2 Å². The Kier molecular flexibility index (Phi) is 9.35. The van der Waals surface area contributed by atoms with Gasteiger partial charge in [-0.2, -0.15) is 0 Å². The van der Waals surface area contributed by atoms with Crippen molar-refractivity contribution in [1.29, 1.82) is 0 Å². The van der Waals surface area contributed by atoms with Gasteiger partial charge in [0, 0.05) is 61.5 Å². The molecule has 5 rings (SSSR count). The van der Waals surface area contributed by atoms with Crippen LogP contribution in [-0.2, 0) is 15.1 Å². The number of hydrogen-bond acceptors (Lipinski definition) is 5. The number of rotatable bonds is 8. The molecule has 1 aromatic carbocycles. The normalized spacial score (nSPS) is 26.4. The van der Waals surface area contributed by atoms with E-state index in [2.05, 4.69) is 21.2 Å². The summed E-state index contributed by atoms with van der Waals surface area (Å²) in [4.78, 5) is 34.5. The van der Waals surface area contributed by atoms with Gasteiger partial charge in [-0.3, -0.25) is 19.4 Å². The van der Waals surface area contributed by atoms with Crippen molar-refractivity contribution in [2.24, 2.45) is 0 Å². The third-order valence-corrected chi connectivity index (χ3v) is 9.38. The Morgan fingerprint density at radius 1 is 1.13 bits per heavy atom. The molecule has 2 aliphatic carbocycles. The highest BCUT2D eigenvalue weighted by Gasteiger charge is 2.54. The lowest BCUT2D eigenvalue weighted by molar-refractivity contribution is -0.141. The molecule has 0 spiro atoms. The molecule has 2 atom stereocenters. The van der Waals surface area contributed by atoms with Crippen LogP contribution in [0.4, 0.5) is 5.69 Å². The monoisotopic (exact) mass is 574 g/mol. The molecule has 9 heteroatoms. The highest BCUT2D eigenvalue weighted by Crippen LogP contribution is 2.48. The minimum absolute atomic E-state index is 0.0604. The summed E-state index contributed by atoms with van der Waals surface area (Å²) in [6, 6.07) is 5.76. The number of allylic oxidation sites excluding steroid dienone is 3. The third-order valence-electron chi connectivity index (χ3n) is 8.85. The first-order chi connectivity index (χ1) is 18.9. The smallest absolute Gasteiger partial charge is 0.249 e. The Balaban J connectivity index is 1.52. The van der Waals surface area contributed by atoms with E-state index in [-0.39, 0.29) is 36.4 Å². The first kappa shape index (κ1) is 28.6. The number of carbonyl (C=O) groups is 2. The molecule has 2 fully saturated rings. The number of nitrogens with zero attached hydrogens (tertiary/aromatic N) is 3. The number of carbonyl (C=O) groups excluding carboxylic acids is 2. The Morgan fingerprint density at radius 2 is 1.87 bits per heavy atom. The average molecular weight is 576 g/mol. The molecule has 1 saturated heterocycles. The molecular formula is C30H40Cl2N4O3. The molecule has 39 heavy (non-hydrogen) atoms. The number of nitrogens with one attached hydrogen (secondary N) is 1. The van der Waals surface area contributed by atoms with Crippen LogP contribution in [0.2, 0.25) is 5.02 Å². The summed E-state index contributed by atoms with van der Waals surface area (Å²) >= 11 is 12.9. The van der Waals surface area contributed by atoms with Crippen LogP contribution in [0.3, 0.4) is 0 Å². The van der Waals surface area contributed by atoms with Gasteiger partial charge < -0.3 is 15.3 Å². The number of amides is 2. The number of fused-ring (bicyclic) bond motifs is 1. The van der Waals surface area contributed by atoms with Crippen molar-refractivity contribution >= 4 is 40.7 Å². The maximum atomic E-state index is 14.2. The summed E-state index contributed by atoms with van der Waals surface area (Å²) in [5, 5.41) is 12.9. The van der Waals surface area contributed by atoms with Crippen molar-refractivity contribution in [3.63, 3.8) is 0 Å². The van der Waals surface area contributed by atoms with Gasteiger partial charge >= 0.3 is 0 Å².